The van der Waals surface area contributed by atoms with Crippen molar-refractivity contribution in [1.82, 2.24) is 5.32 Å². The highest BCUT2D eigenvalue weighted by atomic mass is 16.6. The lowest BCUT2D eigenvalue weighted by Crippen LogP contribution is -2.25. The molecule has 0 unspecified atom stereocenters. The maximum atomic E-state index is 11.9. The van der Waals surface area contributed by atoms with E-state index < -0.39 is 4.92 Å². The van der Waals surface area contributed by atoms with Crippen molar-refractivity contribution < 1.29 is 9.72 Å². The van der Waals surface area contributed by atoms with E-state index in [1.807, 2.05) is 0 Å². The monoisotopic (exact) mass is 285 g/mol. The molecular formula is C15H15N3O3. The van der Waals surface area contributed by atoms with Gasteiger partial charge >= 0.3 is 0 Å². The lowest BCUT2D eigenvalue weighted by atomic mass is 10.1. The molecular weight excluding hydrogens is 270 g/mol. The number of nitro benzene ring substituents is 1. The molecule has 0 aliphatic rings. The topological polar surface area (TPSA) is 98.3 Å². The zero-order valence-electron chi connectivity index (χ0n) is 11.3. The highest BCUT2D eigenvalue weighted by Crippen LogP contribution is 2.12. The van der Waals surface area contributed by atoms with Gasteiger partial charge in [-0.1, -0.05) is 18.2 Å². The normalized spacial score (nSPS) is 10.1. The third-order valence-electron chi connectivity index (χ3n) is 3.00. The Morgan fingerprint density at radius 1 is 1.19 bits per heavy atom. The number of benzene rings is 2. The fourth-order valence-electron chi connectivity index (χ4n) is 1.89. The van der Waals surface area contributed by atoms with Gasteiger partial charge in [-0.05, 0) is 30.2 Å². The molecule has 3 N–H and O–H groups in total. The van der Waals surface area contributed by atoms with Crippen LogP contribution >= 0.6 is 0 Å². The van der Waals surface area contributed by atoms with Crippen LogP contribution < -0.4 is 11.1 Å². The van der Waals surface area contributed by atoms with Crippen molar-refractivity contribution in [2.24, 2.45) is 0 Å². The number of amides is 1. The number of hydrogen-bond donors (Lipinski definition) is 2. The van der Waals surface area contributed by atoms with E-state index >= 15 is 0 Å². The quantitative estimate of drug-likeness (QED) is 0.499. The van der Waals surface area contributed by atoms with Gasteiger partial charge in [0.25, 0.3) is 11.6 Å². The van der Waals surface area contributed by atoms with E-state index in [1.54, 1.807) is 36.4 Å². The first kappa shape index (κ1) is 14.5. The summed E-state index contributed by atoms with van der Waals surface area (Å²) in [5.74, 6) is -0.191. The van der Waals surface area contributed by atoms with E-state index in [4.69, 9.17) is 5.73 Å². The Balaban J connectivity index is 1.86. The summed E-state index contributed by atoms with van der Waals surface area (Å²) in [5, 5.41) is 13.3. The van der Waals surface area contributed by atoms with Crippen molar-refractivity contribution in [2.75, 3.05) is 12.3 Å². The Morgan fingerprint density at radius 3 is 2.52 bits per heavy atom. The van der Waals surface area contributed by atoms with Gasteiger partial charge in [0.05, 0.1) is 4.92 Å². The van der Waals surface area contributed by atoms with Crippen molar-refractivity contribution in [3.8, 4) is 0 Å². The number of carbonyl (C=O) groups excluding carboxylic acids is 1. The molecule has 2 rings (SSSR count). The molecule has 6 heteroatoms. The number of nitrogens with two attached hydrogens (primary N) is 1. The summed E-state index contributed by atoms with van der Waals surface area (Å²) in [5.41, 5.74) is 7.65. The number of non-ortho nitro benzene ring substituents is 1. The predicted octanol–water partition coefficient (Wildman–Crippen LogP) is 2.15. The molecule has 0 fully saturated rings. The fraction of sp³-hybridized carbons (Fsp3) is 0.133. The number of nitrogens with zero attached hydrogens (tertiary/aromatic N) is 1. The summed E-state index contributed by atoms with van der Waals surface area (Å²) < 4.78 is 0. The minimum absolute atomic E-state index is 0.0579. The standard InChI is InChI=1S/C15H15N3O3/c16-13-3-1-2-12(10-13)15(19)17-9-8-11-4-6-14(7-5-11)18(20)21/h1-7,10H,8-9,16H2,(H,17,19). The van der Waals surface area contributed by atoms with Gasteiger partial charge < -0.3 is 11.1 Å². The first-order valence-electron chi connectivity index (χ1n) is 6.43. The Hall–Kier alpha value is -2.89. The second-order valence-corrected chi connectivity index (χ2v) is 4.55. The van der Waals surface area contributed by atoms with Crippen LogP contribution in [-0.2, 0) is 6.42 Å². The van der Waals surface area contributed by atoms with Gasteiger partial charge in [-0.25, -0.2) is 0 Å². The average molecular weight is 285 g/mol. The Kier molecular flexibility index (Phi) is 4.50. The zero-order valence-corrected chi connectivity index (χ0v) is 11.3. The van der Waals surface area contributed by atoms with Crippen LogP contribution in [-0.4, -0.2) is 17.4 Å². The smallest absolute Gasteiger partial charge is 0.269 e. The SMILES string of the molecule is Nc1cccc(C(=O)NCCc2ccc([N+](=O)[O-])cc2)c1. The summed E-state index contributed by atoms with van der Waals surface area (Å²) in [4.78, 5) is 22.0. The third-order valence-corrected chi connectivity index (χ3v) is 3.00. The molecule has 2 aromatic carbocycles. The molecule has 2 aromatic rings. The third kappa shape index (κ3) is 4.04. The lowest BCUT2D eigenvalue weighted by molar-refractivity contribution is -0.384. The van der Waals surface area contributed by atoms with Gasteiger partial charge in [0.15, 0.2) is 0 Å². The fourth-order valence-corrected chi connectivity index (χ4v) is 1.89. The van der Waals surface area contributed by atoms with Crippen LogP contribution in [0.25, 0.3) is 0 Å². The van der Waals surface area contributed by atoms with Crippen LogP contribution in [0.5, 0.6) is 0 Å². The van der Waals surface area contributed by atoms with Crippen molar-refractivity contribution in [2.45, 2.75) is 6.42 Å². The molecule has 21 heavy (non-hydrogen) atoms. The maximum Gasteiger partial charge on any atom is 0.269 e. The molecule has 0 aliphatic carbocycles. The van der Waals surface area contributed by atoms with Crippen LogP contribution in [0.15, 0.2) is 48.5 Å². The first-order chi connectivity index (χ1) is 10.1. The summed E-state index contributed by atoms with van der Waals surface area (Å²) >= 11 is 0. The molecule has 0 aliphatic heterocycles. The van der Waals surface area contributed by atoms with Gasteiger partial charge in [-0.3, -0.25) is 14.9 Å². The molecule has 0 aromatic heterocycles. The lowest BCUT2D eigenvalue weighted by Gasteiger charge is -2.06. The van der Waals surface area contributed by atoms with Crippen LogP contribution in [0.2, 0.25) is 0 Å². The van der Waals surface area contributed by atoms with Gasteiger partial charge in [-0.2, -0.15) is 0 Å². The van der Waals surface area contributed by atoms with Gasteiger partial charge in [0.1, 0.15) is 0 Å². The number of hydrogen-bond acceptors (Lipinski definition) is 4. The molecule has 6 nitrogen and oxygen atoms in total. The number of carbonyl (C=O) groups is 1. The first-order valence-corrected chi connectivity index (χ1v) is 6.43. The molecule has 0 spiro atoms. The summed E-state index contributed by atoms with van der Waals surface area (Å²) in [6.45, 7) is 0.450. The minimum atomic E-state index is -0.439. The molecule has 1 amide bonds. The van der Waals surface area contributed by atoms with Crippen LogP contribution in [0.3, 0.4) is 0 Å². The van der Waals surface area contributed by atoms with Crippen molar-refractivity contribution in [3.63, 3.8) is 0 Å². The van der Waals surface area contributed by atoms with E-state index in [0.29, 0.717) is 24.2 Å². The average Bonchev–Trinajstić information content (AvgIpc) is 2.47. The van der Waals surface area contributed by atoms with Crippen LogP contribution in [0.1, 0.15) is 15.9 Å². The Bertz CT molecular complexity index is 653. The summed E-state index contributed by atoms with van der Waals surface area (Å²) in [6, 6.07) is 13.0. The Morgan fingerprint density at radius 2 is 1.90 bits per heavy atom. The number of rotatable bonds is 5. The molecule has 0 saturated carbocycles. The minimum Gasteiger partial charge on any atom is -0.399 e. The van der Waals surface area contributed by atoms with E-state index in [0.717, 1.165) is 5.56 Å². The van der Waals surface area contributed by atoms with Crippen molar-refractivity contribution >= 4 is 17.3 Å². The molecule has 0 radical (unpaired) electrons. The van der Waals surface area contributed by atoms with Gasteiger partial charge in [0, 0.05) is 29.9 Å². The van der Waals surface area contributed by atoms with E-state index in [-0.39, 0.29) is 11.6 Å². The van der Waals surface area contributed by atoms with E-state index in [2.05, 4.69) is 5.32 Å². The van der Waals surface area contributed by atoms with Crippen LogP contribution in [0, 0.1) is 10.1 Å². The number of nitrogen functional groups attached to an aromatic ring is 1. The second kappa shape index (κ2) is 6.51. The molecule has 0 heterocycles. The Labute approximate surface area is 121 Å². The second-order valence-electron chi connectivity index (χ2n) is 4.55. The summed E-state index contributed by atoms with van der Waals surface area (Å²) in [6.07, 6.45) is 0.603. The van der Waals surface area contributed by atoms with Crippen molar-refractivity contribution in [1.29, 1.82) is 0 Å². The van der Waals surface area contributed by atoms with Crippen LogP contribution in [0.4, 0.5) is 11.4 Å². The van der Waals surface area contributed by atoms with Crippen molar-refractivity contribution in [3.05, 3.63) is 69.8 Å². The number of nitrogens with one attached hydrogen (secondary N) is 1. The summed E-state index contributed by atoms with van der Waals surface area (Å²) in [7, 11) is 0. The zero-order chi connectivity index (χ0) is 15.2. The maximum absolute atomic E-state index is 11.9. The molecule has 0 atom stereocenters. The molecule has 0 bridgehead atoms. The number of anilines is 1. The van der Waals surface area contributed by atoms with Gasteiger partial charge in [-0.15, -0.1) is 0 Å². The van der Waals surface area contributed by atoms with E-state index in [9.17, 15) is 14.9 Å². The predicted molar refractivity (Wildman–Crippen MR) is 80.0 cm³/mol. The number of nitro groups is 1. The highest BCUT2D eigenvalue weighted by Gasteiger charge is 2.06. The van der Waals surface area contributed by atoms with Gasteiger partial charge in [0.2, 0.25) is 0 Å². The van der Waals surface area contributed by atoms with E-state index in [1.165, 1.54) is 12.1 Å². The molecule has 108 valence electrons. The molecule has 0 saturated heterocycles. The largest absolute Gasteiger partial charge is 0.399 e. The highest BCUT2D eigenvalue weighted by molar-refractivity contribution is 5.94.